The number of methoxy groups -OCH3 is 1. The molecule has 0 radical (unpaired) electrons. The van der Waals surface area contributed by atoms with Crippen LogP contribution < -0.4 is 9.47 Å². The first kappa shape index (κ1) is 88.1. The van der Waals surface area contributed by atoms with Crippen LogP contribution in [0.1, 0.15) is 151 Å². The van der Waals surface area contributed by atoms with Crippen molar-refractivity contribution in [1.29, 1.82) is 0 Å². The number of fused-ring (bicyclic) bond motifs is 1. The Hall–Kier alpha value is -16.5. The average molecular weight is 1550 g/mol. The summed E-state index contributed by atoms with van der Waals surface area (Å²) in [7, 11) is 1.45. The molecule has 0 saturated carbocycles. The van der Waals surface area contributed by atoms with E-state index in [1.807, 2.05) is 78.9 Å². The summed E-state index contributed by atoms with van der Waals surface area (Å²) in [4.78, 5) is 151. The fraction of sp³-hybridized carbons (Fsp3) is 0.0233. The van der Waals surface area contributed by atoms with Gasteiger partial charge in [-0.15, -0.1) is 0 Å². The van der Waals surface area contributed by atoms with Crippen molar-refractivity contribution in [3.05, 3.63) is 381 Å². The lowest BCUT2D eigenvalue weighted by Gasteiger charge is -2.06. The number of aromatic carboxylic acids is 12. The van der Waals surface area contributed by atoms with Gasteiger partial charge in [-0.25, -0.2) is 62.3 Å². The number of ketones is 1. The molecule has 0 spiro atoms. The molecule has 0 aromatic heterocycles. The predicted molar refractivity (Wildman–Crippen MR) is 410 cm³/mol. The maximum absolute atomic E-state index is 11.9. The van der Waals surface area contributed by atoms with Gasteiger partial charge in [-0.05, 0) is 149 Å². The fourth-order valence-electron chi connectivity index (χ4n) is 9.52. The van der Waals surface area contributed by atoms with Crippen molar-refractivity contribution in [2.75, 3.05) is 7.11 Å². The molecule has 12 N–H and O–H groups in total. The minimum atomic E-state index is -1.58. The lowest BCUT2D eigenvalue weighted by atomic mass is 9.99. The normalized spacial score (nSPS) is 9.69. The Labute approximate surface area is 646 Å². The molecule has 12 rings (SSSR count). The zero-order chi connectivity index (χ0) is 84.0. The van der Waals surface area contributed by atoms with Gasteiger partial charge >= 0.3 is 77.6 Å². The van der Waals surface area contributed by atoms with Crippen LogP contribution in [0.15, 0.2) is 297 Å². The van der Waals surface area contributed by atoms with E-state index in [1.54, 1.807) is 121 Å². The van der Waals surface area contributed by atoms with Gasteiger partial charge < -0.3 is 70.8 Å². The van der Waals surface area contributed by atoms with E-state index < -0.39 is 94.3 Å². The van der Waals surface area contributed by atoms with Gasteiger partial charge in [0.05, 0.1) is 73.9 Å². The van der Waals surface area contributed by atoms with Crippen LogP contribution in [0, 0.1) is 0 Å². The van der Waals surface area contributed by atoms with E-state index in [0.29, 0.717) is 39.3 Å². The van der Waals surface area contributed by atoms with Crippen LogP contribution in [0.3, 0.4) is 0 Å². The summed E-state index contributed by atoms with van der Waals surface area (Å²) >= 11 is 0. The van der Waals surface area contributed by atoms with Gasteiger partial charge in [-0.3, -0.25) is 4.79 Å². The number of carbonyl (C=O) groups excluding carboxylic acids is 2. The molecule has 0 atom stereocenters. The van der Waals surface area contributed by atoms with Crippen molar-refractivity contribution in [3.8, 4) is 22.6 Å². The summed E-state index contributed by atoms with van der Waals surface area (Å²) in [5, 5.41) is 106. The van der Waals surface area contributed by atoms with Gasteiger partial charge in [-0.1, -0.05) is 176 Å². The number of esters is 1. The van der Waals surface area contributed by atoms with Crippen molar-refractivity contribution < 1.29 is 138 Å². The number of carboxylic acids is 12. The topological polar surface area (TPSA) is 500 Å². The van der Waals surface area contributed by atoms with Crippen LogP contribution in [0.5, 0.6) is 11.5 Å². The van der Waals surface area contributed by atoms with E-state index in [0.717, 1.165) is 34.0 Å². The maximum atomic E-state index is 11.9. The lowest BCUT2D eigenvalue weighted by molar-refractivity contribution is 0.0632. The molecular weight excluding hydrogens is 1480 g/mol. The Balaban J connectivity index is 0.000000235. The van der Waals surface area contributed by atoms with Gasteiger partial charge in [0.1, 0.15) is 17.1 Å². The van der Waals surface area contributed by atoms with E-state index in [2.05, 4.69) is 0 Å². The molecule has 0 heterocycles. The highest BCUT2D eigenvalue weighted by Gasteiger charge is 2.24. The number of ether oxygens (including phenoxy) is 2. The number of carbonyl (C=O) groups is 14. The standard InChI is InChI=1S/C15H12O3.2C14H10O4.C11H8O2.C9H6O6.C8H6O4.C8H8O3.C7H6O2/c16-14(12-4-2-1-3-5-12)10-11-6-8-13(9-7-11)15(17)18;15-13(16)10-6-8-12(9-7-10)18-14(17)11-4-2-1-3-5-11;15-13(16)11-7-6-10(8-12(11)14(17)18)9-4-2-1-3-5-9;12-11(13)10-6-5-8-3-1-2-4-9(8)7-10;10-7(11)4-2-1-3-5(8(12)13)6(4)9(14)15;9-7(10)5-3-1-2-4-6(5)8(11)12;1-11-7-5-3-2-4-6(7)8(9)10;8-7(9)6-4-2-1-3-5-6/h1-9H,10H2,(H,17,18);1-9H,(H,15,16);1-8H,(H,15,16)(H,17,18);1-7H,(H,12,13);1-3H,(H,10,11)(H,12,13)(H,14,15);1-4H,(H,9,10)(H,11,12);2-5H,1H3,(H,9,10);1-5H,(H,8,9). The van der Waals surface area contributed by atoms with Gasteiger partial charge in [-0.2, -0.15) is 0 Å². The predicted octanol–water partition coefficient (Wildman–Crippen LogP) is 15.3. The first-order valence-electron chi connectivity index (χ1n) is 32.8. The monoisotopic (exact) mass is 1550 g/mol. The van der Waals surface area contributed by atoms with Crippen LogP contribution in [0.4, 0.5) is 0 Å². The van der Waals surface area contributed by atoms with Crippen molar-refractivity contribution in [2.45, 2.75) is 6.42 Å². The summed E-state index contributed by atoms with van der Waals surface area (Å²) in [5.74, 6) is -13.9. The molecule has 578 valence electrons. The Morgan fingerprint density at radius 3 is 1.01 bits per heavy atom. The van der Waals surface area contributed by atoms with Crippen LogP contribution >= 0.6 is 0 Å². The van der Waals surface area contributed by atoms with Crippen molar-refractivity contribution in [3.63, 3.8) is 0 Å². The van der Waals surface area contributed by atoms with E-state index in [4.69, 9.17) is 70.8 Å². The zero-order valence-electron chi connectivity index (χ0n) is 59.4. The van der Waals surface area contributed by atoms with Crippen molar-refractivity contribution in [2.24, 2.45) is 0 Å². The Morgan fingerprint density at radius 2 is 0.596 bits per heavy atom. The molecule has 28 nitrogen and oxygen atoms in total. The molecule has 0 unspecified atom stereocenters. The van der Waals surface area contributed by atoms with Gasteiger partial charge in [0.2, 0.25) is 0 Å². The molecule has 0 aliphatic carbocycles. The summed E-state index contributed by atoms with van der Waals surface area (Å²) in [6.07, 6.45) is 0.282. The van der Waals surface area contributed by atoms with E-state index in [9.17, 15) is 67.1 Å². The second kappa shape index (κ2) is 44.6. The minimum Gasteiger partial charge on any atom is -0.496 e. The first-order chi connectivity index (χ1) is 54.3. The third-order valence-electron chi connectivity index (χ3n) is 15.1. The maximum Gasteiger partial charge on any atom is 0.343 e. The van der Waals surface area contributed by atoms with Crippen molar-refractivity contribution in [1.82, 2.24) is 0 Å². The Kier molecular flexibility index (Phi) is 34.4. The van der Waals surface area contributed by atoms with E-state index >= 15 is 0 Å². The Morgan fingerprint density at radius 1 is 0.246 bits per heavy atom. The van der Waals surface area contributed by atoms with E-state index in [1.165, 1.54) is 92.0 Å². The molecule has 0 fully saturated rings. The molecule has 0 aliphatic rings. The second-order valence-electron chi connectivity index (χ2n) is 22.6. The summed E-state index contributed by atoms with van der Waals surface area (Å²) in [6, 6.07) is 79.5. The molecular formula is C86H66O28. The number of Topliss-reactive ketones (excluding diaryl/α,β-unsaturated/α-hetero) is 1. The van der Waals surface area contributed by atoms with Gasteiger partial charge in [0.15, 0.2) is 5.78 Å². The van der Waals surface area contributed by atoms with E-state index in [-0.39, 0.29) is 51.1 Å². The molecule has 114 heavy (non-hydrogen) atoms. The van der Waals surface area contributed by atoms with Crippen LogP contribution in [-0.4, -0.2) is 152 Å². The molecule has 0 amide bonds. The highest BCUT2D eigenvalue weighted by atomic mass is 16.5. The largest absolute Gasteiger partial charge is 0.496 e. The Bertz CT molecular complexity index is 5240. The molecule has 28 heteroatoms. The van der Waals surface area contributed by atoms with Crippen LogP contribution in [0.25, 0.3) is 21.9 Å². The van der Waals surface area contributed by atoms with Gasteiger partial charge in [0.25, 0.3) is 0 Å². The molecule has 0 bridgehead atoms. The summed E-state index contributed by atoms with van der Waals surface area (Å²) in [5.41, 5.74) is 2.10. The summed E-state index contributed by atoms with van der Waals surface area (Å²) in [6.45, 7) is 0. The number of benzene rings is 12. The van der Waals surface area contributed by atoms with Crippen LogP contribution in [0.2, 0.25) is 0 Å². The molecule has 12 aromatic rings. The quantitative estimate of drug-likeness (QED) is 0.0203. The lowest BCUT2D eigenvalue weighted by Crippen LogP contribution is -2.14. The number of rotatable bonds is 19. The number of hydrogen-bond donors (Lipinski definition) is 12. The molecule has 12 aromatic carbocycles. The fourth-order valence-corrected chi connectivity index (χ4v) is 9.52. The smallest absolute Gasteiger partial charge is 0.343 e. The number of hydrogen-bond acceptors (Lipinski definition) is 16. The second-order valence-corrected chi connectivity index (χ2v) is 22.6. The van der Waals surface area contributed by atoms with Gasteiger partial charge in [0, 0.05) is 12.0 Å². The highest BCUT2D eigenvalue weighted by Crippen LogP contribution is 2.24. The highest BCUT2D eigenvalue weighted by molar-refractivity contribution is 6.09. The summed E-state index contributed by atoms with van der Waals surface area (Å²) < 4.78 is 9.93. The SMILES string of the molecule is COc1ccccc1C(=O)O.O=C(O)c1ccc(-c2ccccc2)cc1C(=O)O.O=C(O)c1ccc(CC(=O)c2ccccc2)cc1.O=C(O)c1ccc(OC(=O)c2ccccc2)cc1.O=C(O)c1ccc2ccccc2c1.O=C(O)c1cccc(C(=O)O)c1C(=O)O.O=C(O)c1ccccc1.O=C(O)c1ccccc1C(=O)O. The third kappa shape index (κ3) is 28.0. The average Bonchev–Trinajstić information content (AvgIpc) is 0.804. The number of carboxylic acid groups (broad SMARTS) is 12. The molecule has 0 saturated heterocycles. The minimum absolute atomic E-state index is 0.0266. The molecule has 0 aliphatic heterocycles. The third-order valence-corrected chi connectivity index (χ3v) is 15.1. The first-order valence-corrected chi connectivity index (χ1v) is 32.8. The van der Waals surface area contributed by atoms with Crippen molar-refractivity contribution >= 4 is 94.2 Å². The van der Waals surface area contributed by atoms with Crippen LogP contribution in [-0.2, 0) is 6.42 Å². The number of para-hydroxylation sites is 1. The zero-order valence-corrected chi connectivity index (χ0v) is 59.4.